The van der Waals surface area contributed by atoms with E-state index in [0.29, 0.717) is 0 Å². The van der Waals surface area contributed by atoms with Crippen molar-refractivity contribution in [3.05, 3.63) is 12.3 Å². The number of sulfonamides is 1. The second kappa shape index (κ2) is 7.92. The van der Waals surface area contributed by atoms with E-state index in [4.69, 9.17) is 14.2 Å². The van der Waals surface area contributed by atoms with Crippen LogP contribution in [-0.2, 0) is 33.8 Å². The number of ether oxygens (including phenoxy) is 3. The highest BCUT2D eigenvalue weighted by Gasteiger charge is 2.50. The standard InChI is InChI=1S/C15H24N2O7S/c1-9(2)23-13-11(8-16-25(4,20)21)24-15(14(13)22-3)17-6-5-10(18)7-12(17)19/h5-6,9,11,13-16H,7-8H2,1-4H3/t11-,13-,14-,15-/m1/s1. The molecule has 0 aliphatic carbocycles. The lowest BCUT2D eigenvalue weighted by Gasteiger charge is -2.31. The molecule has 0 unspecified atom stereocenters. The van der Waals surface area contributed by atoms with Gasteiger partial charge in [0.15, 0.2) is 12.0 Å². The van der Waals surface area contributed by atoms with Crippen LogP contribution < -0.4 is 4.72 Å². The lowest BCUT2D eigenvalue weighted by atomic mass is 10.1. The number of nitrogens with one attached hydrogen (secondary N) is 1. The summed E-state index contributed by atoms with van der Waals surface area (Å²) in [5, 5.41) is 0. The summed E-state index contributed by atoms with van der Waals surface area (Å²) in [7, 11) is -1.95. The molecule has 0 bridgehead atoms. The van der Waals surface area contributed by atoms with Crippen LogP contribution in [-0.4, -0.2) is 75.6 Å². The SMILES string of the molecule is CO[C@@H]1[C@H](OC(C)C)[C@@H](CNS(C)(=O)=O)O[C@H]1N1C=CC(=O)CC1=O. The van der Waals surface area contributed by atoms with Gasteiger partial charge >= 0.3 is 0 Å². The largest absolute Gasteiger partial charge is 0.374 e. The minimum atomic E-state index is -3.41. The van der Waals surface area contributed by atoms with Gasteiger partial charge < -0.3 is 14.2 Å². The van der Waals surface area contributed by atoms with Crippen molar-refractivity contribution in [2.24, 2.45) is 0 Å². The minimum absolute atomic E-state index is 0.0166. The monoisotopic (exact) mass is 376 g/mol. The molecule has 0 spiro atoms. The highest BCUT2D eigenvalue weighted by atomic mass is 32.2. The number of rotatable bonds is 7. The molecule has 1 N–H and O–H groups in total. The summed E-state index contributed by atoms with van der Waals surface area (Å²) in [5.74, 6) is -0.682. The third kappa shape index (κ3) is 5.08. The van der Waals surface area contributed by atoms with E-state index in [2.05, 4.69) is 4.72 Å². The molecule has 10 heteroatoms. The third-order valence-electron chi connectivity index (χ3n) is 3.84. The van der Waals surface area contributed by atoms with Gasteiger partial charge in [0.05, 0.1) is 18.8 Å². The maximum atomic E-state index is 12.2. The number of nitrogens with zero attached hydrogens (tertiary/aromatic N) is 1. The van der Waals surface area contributed by atoms with Gasteiger partial charge in [0.2, 0.25) is 15.9 Å². The number of allylic oxidation sites excluding steroid dienone is 1. The Morgan fingerprint density at radius 1 is 1.36 bits per heavy atom. The smallest absolute Gasteiger partial charge is 0.236 e. The van der Waals surface area contributed by atoms with Crippen LogP contribution in [0.1, 0.15) is 20.3 Å². The molecule has 1 amide bonds. The first kappa shape index (κ1) is 20.0. The second-order valence-corrected chi connectivity index (χ2v) is 8.13. The van der Waals surface area contributed by atoms with E-state index in [9.17, 15) is 18.0 Å². The fourth-order valence-electron chi connectivity index (χ4n) is 2.83. The van der Waals surface area contributed by atoms with Gasteiger partial charge in [-0.1, -0.05) is 0 Å². The van der Waals surface area contributed by atoms with E-state index < -0.39 is 40.5 Å². The second-order valence-electron chi connectivity index (χ2n) is 6.30. The average molecular weight is 376 g/mol. The van der Waals surface area contributed by atoms with Gasteiger partial charge in [0.25, 0.3) is 0 Å². The van der Waals surface area contributed by atoms with E-state index >= 15 is 0 Å². The first-order valence-electron chi connectivity index (χ1n) is 7.93. The molecule has 2 heterocycles. The van der Waals surface area contributed by atoms with Crippen molar-refractivity contribution < 1.29 is 32.2 Å². The normalized spacial score (nSPS) is 30.5. The molecular formula is C15H24N2O7S. The number of amides is 1. The van der Waals surface area contributed by atoms with Crippen LogP contribution >= 0.6 is 0 Å². The summed E-state index contributed by atoms with van der Waals surface area (Å²) in [4.78, 5) is 24.8. The summed E-state index contributed by atoms with van der Waals surface area (Å²) in [6.45, 7) is 3.66. The van der Waals surface area contributed by atoms with E-state index in [0.717, 1.165) is 6.26 Å². The van der Waals surface area contributed by atoms with Crippen LogP contribution in [0.25, 0.3) is 0 Å². The number of methoxy groups -OCH3 is 1. The fourth-order valence-corrected chi connectivity index (χ4v) is 3.30. The van der Waals surface area contributed by atoms with Crippen molar-refractivity contribution in [3.8, 4) is 0 Å². The van der Waals surface area contributed by atoms with Crippen molar-refractivity contribution in [2.45, 2.75) is 50.9 Å². The quantitative estimate of drug-likeness (QED) is 0.590. The van der Waals surface area contributed by atoms with Gasteiger partial charge in [-0.2, -0.15) is 0 Å². The molecule has 9 nitrogen and oxygen atoms in total. The molecule has 142 valence electrons. The molecule has 2 rings (SSSR count). The molecule has 4 atom stereocenters. The zero-order chi connectivity index (χ0) is 18.8. The highest BCUT2D eigenvalue weighted by Crippen LogP contribution is 2.30. The number of hydrogen-bond donors (Lipinski definition) is 1. The Hall–Kier alpha value is -1.33. The zero-order valence-corrected chi connectivity index (χ0v) is 15.5. The van der Waals surface area contributed by atoms with Crippen LogP contribution in [0.2, 0.25) is 0 Å². The molecule has 0 aromatic rings. The lowest BCUT2D eigenvalue weighted by Crippen LogP contribution is -2.48. The predicted molar refractivity (Wildman–Crippen MR) is 87.9 cm³/mol. The molecule has 0 aromatic carbocycles. The average Bonchev–Trinajstić information content (AvgIpc) is 2.81. The van der Waals surface area contributed by atoms with Crippen LogP contribution in [0.5, 0.6) is 0 Å². The molecule has 2 aliphatic heterocycles. The molecule has 1 fully saturated rings. The highest BCUT2D eigenvalue weighted by molar-refractivity contribution is 7.88. The topological polar surface area (TPSA) is 111 Å². The van der Waals surface area contributed by atoms with Crippen molar-refractivity contribution in [1.29, 1.82) is 0 Å². The summed E-state index contributed by atoms with van der Waals surface area (Å²) in [6.07, 6.45) is 0.658. The Kier molecular flexibility index (Phi) is 6.33. The van der Waals surface area contributed by atoms with Crippen molar-refractivity contribution >= 4 is 21.7 Å². The van der Waals surface area contributed by atoms with Gasteiger partial charge in [0, 0.05) is 19.9 Å². The van der Waals surface area contributed by atoms with Crippen molar-refractivity contribution in [1.82, 2.24) is 9.62 Å². The lowest BCUT2D eigenvalue weighted by molar-refractivity contribution is -0.149. The first-order valence-corrected chi connectivity index (χ1v) is 9.82. The van der Waals surface area contributed by atoms with Crippen molar-refractivity contribution in [2.75, 3.05) is 19.9 Å². The number of ketones is 1. The molecular weight excluding hydrogens is 352 g/mol. The molecule has 0 aromatic heterocycles. The van der Waals surface area contributed by atoms with Crippen molar-refractivity contribution in [3.63, 3.8) is 0 Å². The summed E-state index contributed by atoms with van der Waals surface area (Å²) >= 11 is 0. The van der Waals surface area contributed by atoms with Crippen LogP contribution in [0, 0.1) is 0 Å². The Bertz CT molecular complexity index is 646. The fraction of sp³-hybridized carbons (Fsp3) is 0.733. The maximum Gasteiger partial charge on any atom is 0.236 e. The first-order chi connectivity index (χ1) is 11.6. The van der Waals surface area contributed by atoms with Gasteiger partial charge in [-0.3, -0.25) is 14.5 Å². The minimum Gasteiger partial charge on any atom is -0.374 e. The Morgan fingerprint density at radius 3 is 2.56 bits per heavy atom. The summed E-state index contributed by atoms with van der Waals surface area (Å²) < 4.78 is 42.4. The van der Waals surface area contributed by atoms with E-state index in [1.165, 1.54) is 24.3 Å². The molecule has 25 heavy (non-hydrogen) atoms. The Balaban J connectivity index is 2.24. The maximum absolute atomic E-state index is 12.2. The van der Waals surface area contributed by atoms with Gasteiger partial charge in [-0.25, -0.2) is 13.1 Å². The third-order valence-corrected chi connectivity index (χ3v) is 4.53. The Labute approximate surface area is 147 Å². The van der Waals surface area contributed by atoms with Crippen LogP contribution in [0.15, 0.2) is 12.3 Å². The zero-order valence-electron chi connectivity index (χ0n) is 14.7. The van der Waals surface area contributed by atoms with Gasteiger partial charge in [-0.15, -0.1) is 0 Å². The number of carbonyl (C=O) groups excluding carboxylic acids is 2. The number of carbonyl (C=O) groups is 2. The summed E-state index contributed by atoms with van der Waals surface area (Å²) in [5.41, 5.74) is 0. The van der Waals surface area contributed by atoms with Gasteiger partial charge in [-0.05, 0) is 19.9 Å². The molecule has 1 saturated heterocycles. The molecule has 0 radical (unpaired) electrons. The summed E-state index contributed by atoms with van der Waals surface area (Å²) in [6, 6.07) is 0. The van der Waals surface area contributed by atoms with E-state index in [1.807, 2.05) is 13.8 Å². The molecule has 2 aliphatic rings. The van der Waals surface area contributed by atoms with E-state index in [-0.39, 0.29) is 24.9 Å². The van der Waals surface area contributed by atoms with Crippen LogP contribution in [0.3, 0.4) is 0 Å². The van der Waals surface area contributed by atoms with E-state index in [1.54, 1.807) is 0 Å². The van der Waals surface area contributed by atoms with Crippen LogP contribution in [0.4, 0.5) is 0 Å². The van der Waals surface area contributed by atoms with Gasteiger partial charge in [0.1, 0.15) is 18.3 Å². The number of hydrogen-bond acceptors (Lipinski definition) is 7. The Morgan fingerprint density at radius 2 is 2.04 bits per heavy atom. The molecule has 0 saturated carbocycles. The predicted octanol–water partition coefficient (Wildman–Crippen LogP) is -0.616.